The summed E-state index contributed by atoms with van der Waals surface area (Å²) < 4.78 is 5.92. The second-order valence-corrected chi connectivity index (χ2v) is 4.97. The van der Waals surface area contributed by atoms with Crippen molar-refractivity contribution in [3.8, 4) is 5.75 Å². The highest BCUT2D eigenvalue weighted by Crippen LogP contribution is 2.25. The van der Waals surface area contributed by atoms with E-state index in [1.54, 1.807) is 0 Å². The van der Waals surface area contributed by atoms with Gasteiger partial charge in [-0.3, -0.25) is 0 Å². The lowest BCUT2D eigenvalue weighted by atomic mass is 10.1. The van der Waals surface area contributed by atoms with Gasteiger partial charge in [0.2, 0.25) is 0 Å². The number of para-hydroxylation sites is 1. The average molecular weight is 277 g/mol. The first-order chi connectivity index (χ1) is 10.4. The summed E-state index contributed by atoms with van der Waals surface area (Å²) in [6.07, 6.45) is 0.970. The predicted octanol–water partition coefficient (Wildman–Crippen LogP) is 4.72. The third-order valence-corrected chi connectivity index (χ3v) is 3.43. The van der Waals surface area contributed by atoms with Crippen molar-refractivity contribution in [3.63, 3.8) is 0 Å². The molecule has 3 rings (SSSR count). The van der Waals surface area contributed by atoms with Gasteiger partial charge in [0, 0.05) is 17.6 Å². The number of benzene rings is 3. The van der Waals surface area contributed by atoms with Crippen molar-refractivity contribution in [1.82, 2.24) is 0 Å². The number of hydrogen-bond acceptors (Lipinski definition) is 2. The van der Waals surface area contributed by atoms with Gasteiger partial charge in [-0.05, 0) is 30.0 Å². The first kappa shape index (κ1) is 13.5. The van der Waals surface area contributed by atoms with Crippen molar-refractivity contribution in [3.05, 3.63) is 72.8 Å². The monoisotopic (exact) mass is 277 g/mol. The molecule has 0 atom stereocenters. The highest BCUT2D eigenvalue weighted by molar-refractivity contribution is 5.88. The van der Waals surface area contributed by atoms with Crippen molar-refractivity contribution in [2.24, 2.45) is 0 Å². The first-order valence-corrected chi connectivity index (χ1v) is 7.33. The number of fused-ring (bicyclic) bond motifs is 1. The van der Waals surface area contributed by atoms with Gasteiger partial charge in [0.05, 0.1) is 6.61 Å². The van der Waals surface area contributed by atoms with Gasteiger partial charge in [0.15, 0.2) is 0 Å². The zero-order valence-electron chi connectivity index (χ0n) is 12.0. The molecule has 0 unspecified atom stereocenters. The van der Waals surface area contributed by atoms with Gasteiger partial charge in [-0.15, -0.1) is 0 Å². The van der Waals surface area contributed by atoms with Crippen LogP contribution in [0.4, 0.5) is 5.69 Å². The summed E-state index contributed by atoms with van der Waals surface area (Å²) in [5.74, 6) is 0.966. The van der Waals surface area contributed by atoms with Crippen LogP contribution < -0.4 is 10.1 Å². The molecular weight excluding hydrogens is 258 g/mol. The molecule has 0 heterocycles. The topological polar surface area (TPSA) is 21.3 Å². The van der Waals surface area contributed by atoms with Crippen LogP contribution in [-0.2, 0) is 0 Å². The summed E-state index contributed by atoms with van der Waals surface area (Å²) in [5.41, 5.74) is 1.16. The lowest BCUT2D eigenvalue weighted by Crippen LogP contribution is -2.07. The molecule has 0 aromatic heterocycles. The molecule has 106 valence electrons. The Bertz CT molecular complexity index is 689. The van der Waals surface area contributed by atoms with Crippen LogP contribution >= 0.6 is 0 Å². The van der Waals surface area contributed by atoms with Crippen LogP contribution in [0.25, 0.3) is 10.8 Å². The minimum Gasteiger partial charge on any atom is -0.493 e. The second-order valence-electron chi connectivity index (χ2n) is 4.97. The maximum Gasteiger partial charge on any atom is 0.127 e. The lowest BCUT2D eigenvalue weighted by molar-refractivity contribution is 0.318. The molecule has 3 aromatic rings. The quantitative estimate of drug-likeness (QED) is 0.658. The Kier molecular flexibility index (Phi) is 4.37. The number of rotatable bonds is 6. The smallest absolute Gasteiger partial charge is 0.127 e. The molecule has 0 saturated carbocycles. The molecule has 21 heavy (non-hydrogen) atoms. The Morgan fingerprint density at radius 1 is 0.762 bits per heavy atom. The summed E-state index contributed by atoms with van der Waals surface area (Å²) in [6.45, 7) is 1.63. The van der Waals surface area contributed by atoms with Crippen LogP contribution in [0.2, 0.25) is 0 Å². The third-order valence-electron chi connectivity index (χ3n) is 3.43. The lowest BCUT2D eigenvalue weighted by Gasteiger charge is -2.10. The highest BCUT2D eigenvalue weighted by Gasteiger charge is 2.00. The number of hydrogen-bond donors (Lipinski definition) is 1. The van der Waals surface area contributed by atoms with Crippen molar-refractivity contribution < 1.29 is 4.74 Å². The number of nitrogens with one attached hydrogen (secondary N) is 1. The molecule has 2 nitrogen and oxygen atoms in total. The molecule has 0 amide bonds. The molecule has 3 aromatic carbocycles. The van der Waals surface area contributed by atoms with Gasteiger partial charge in [-0.2, -0.15) is 0 Å². The van der Waals surface area contributed by atoms with E-state index in [1.807, 2.05) is 36.4 Å². The molecule has 0 fully saturated rings. The normalized spacial score (nSPS) is 10.5. The fourth-order valence-electron chi connectivity index (χ4n) is 2.36. The van der Waals surface area contributed by atoms with Crippen LogP contribution in [-0.4, -0.2) is 13.2 Å². The van der Waals surface area contributed by atoms with Crippen molar-refractivity contribution >= 4 is 16.5 Å². The number of anilines is 1. The maximum atomic E-state index is 5.92. The molecule has 0 bridgehead atoms. The van der Waals surface area contributed by atoms with Gasteiger partial charge >= 0.3 is 0 Å². The van der Waals surface area contributed by atoms with Gasteiger partial charge in [0.1, 0.15) is 5.75 Å². The molecular formula is C19H19NO. The molecule has 0 aliphatic rings. The van der Waals surface area contributed by atoms with E-state index in [-0.39, 0.29) is 0 Å². The standard InChI is InChI=1S/C19H19NO/c1-2-10-17(11-3-1)20-14-7-15-21-19-13-6-9-16-8-4-5-12-18(16)19/h1-6,8-13,20H,7,14-15H2. The highest BCUT2D eigenvalue weighted by atomic mass is 16.5. The van der Waals surface area contributed by atoms with Crippen LogP contribution in [0.1, 0.15) is 6.42 Å². The Morgan fingerprint density at radius 2 is 1.52 bits per heavy atom. The van der Waals surface area contributed by atoms with E-state index >= 15 is 0 Å². The minimum absolute atomic E-state index is 0.716. The molecule has 1 N–H and O–H groups in total. The Morgan fingerprint density at radius 3 is 2.43 bits per heavy atom. The van der Waals surface area contributed by atoms with Crippen molar-refractivity contribution in [2.45, 2.75) is 6.42 Å². The van der Waals surface area contributed by atoms with Gasteiger partial charge < -0.3 is 10.1 Å². The van der Waals surface area contributed by atoms with Crippen LogP contribution in [0.15, 0.2) is 72.8 Å². The van der Waals surface area contributed by atoms with E-state index in [2.05, 4.69) is 41.7 Å². The van der Waals surface area contributed by atoms with Gasteiger partial charge in [0.25, 0.3) is 0 Å². The summed E-state index contributed by atoms with van der Waals surface area (Å²) in [5, 5.41) is 5.78. The largest absolute Gasteiger partial charge is 0.493 e. The van der Waals surface area contributed by atoms with Crippen LogP contribution in [0.5, 0.6) is 5.75 Å². The van der Waals surface area contributed by atoms with E-state index < -0.39 is 0 Å². The molecule has 0 radical (unpaired) electrons. The van der Waals surface area contributed by atoms with E-state index in [9.17, 15) is 0 Å². The summed E-state index contributed by atoms with van der Waals surface area (Å²) in [7, 11) is 0. The number of ether oxygens (including phenoxy) is 1. The minimum atomic E-state index is 0.716. The third kappa shape index (κ3) is 3.54. The van der Waals surface area contributed by atoms with Gasteiger partial charge in [-0.25, -0.2) is 0 Å². The Hall–Kier alpha value is -2.48. The van der Waals surface area contributed by atoms with Gasteiger partial charge in [-0.1, -0.05) is 54.6 Å². The molecule has 0 saturated heterocycles. The SMILES string of the molecule is c1ccc(NCCCOc2cccc3ccccc23)cc1. The second kappa shape index (κ2) is 6.80. The van der Waals surface area contributed by atoms with Crippen LogP contribution in [0, 0.1) is 0 Å². The molecule has 0 aliphatic heterocycles. The first-order valence-electron chi connectivity index (χ1n) is 7.33. The average Bonchev–Trinajstić information content (AvgIpc) is 2.56. The Balaban J connectivity index is 1.51. The predicted molar refractivity (Wildman–Crippen MR) is 89.0 cm³/mol. The van der Waals surface area contributed by atoms with E-state index in [0.717, 1.165) is 24.4 Å². The molecule has 0 aliphatic carbocycles. The fraction of sp³-hybridized carbons (Fsp3) is 0.158. The zero-order valence-corrected chi connectivity index (χ0v) is 12.0. The fourth-order valence-corrected chi connectivity index (χ4v) is 2.36. The summed E-state index contributed by atoms with van der Waals surface area (Å²) in [6, 6.07) is 24.7. The zero-order chi connectivity index (χ0) is 14.3. The summed E-state index contributed by atoms with van der Waals surface area (Å²) in [4.78, 5) is 0. The van der Waals surface area contributed by atoms with E-state index in [0.29, 0.717) is 6.61 Å². The van der Waals surface area contributed by atoms with Crippen LogP contribution in [0.3, 0.4) is 0 Å². The molecule has 0 spiro atoms. The van der Waals surface area contributed by atoms with Crippen molar-refractivity contribution in [1.29, 1.82) is 0 Å². The maximum absolute atomic E-state index is 5.92. The van der Waals surface area contributed by atoms with E-state index in [4.69, 9.17) is 4.74 Å². The summed E-state index contributed by atoms with van der Waals surface area (Å²) >= 11 is 0. The molecule has 2 heteroatoms. The van der Waals surface area contributed by atoms with Crippen molar-refractivity contribution in [2.75, 3.05) is 18.5 Å². The van der Waals surface area contributed by atoms with E-state index in [1.165, 1.54) is 10.8 Å². The Labute approximate surface area is 125 Å².